The lowest BCUT2D eigenvalue weighted by Gasteiger charge is -2.47. The van der Waals surface area contributed by atoms with Crippen molar-refractivity contribution in [2.75, 3.05) is 6.61 Å². The van der Waals surface area contributed by atoms with Gasteiger partial charge in [0, 0.05) is 6.61 Å². The number of piperazine rings is 1. The molecule has 1 N–H and O–H groups in total. The third-order valence-electron chi connectivity index (χ3n) is 5.43. The van der Waals surface area contributed by atoms with E-state index >= 15 is 0 Å². The van der Waals surface area contributed by atoms with Crippen molar-refractivity contribution >= 4 is 11.8 Å². The Bertz CT molecular complexity index is 425. The Labute approximate surface area is 126 Å². The molecule has 2 aliphatic heterocycles. The van der Waals surface area contributed by atoms with Crippen LogP contribution in [-0.4, -0.2) is 47.0 Å². The van der Waals surface area contributed by atoms with Gasteiger partial charge in [-0.25, -0.2) is 0 Å². The lowest BCUT2D eigenvalue weighted by atomic mass is 9.88. The van der Waals surface area contributed by atoms with E-state index in [4.69, 9.17) is 4.74 Å². The van der Waals surface area contributed by atoms with E-state index in [1.807, 2.05) is 18.7 Å². The van der Waals surface area contributed by atoms with Gasteiger partial charge in [-0.2, -0.15) is 0 Å². The molecular weight excluding hydrogens is 268 g/mol. The monoisotopic (exact) mass is 294 g/mol. The third-order valence-corrected chi connectivity index (χ3v) is 5.43. The molecule has 21 heavy (non-hydrogen) atoms. The van der Waals surface area contributed by atoms with E-state index < -0.39 is 5.54 Å². The largest absolute Gasteiger partial charge is 0.376 e. The molecule has 0 bridgehead atoms. The SMILES string of the molecule is CCC1C(=O)NC2(CCCC2)C(=O)N1C(C)C1CCCO1. The Morgan fingerprint density at radius 1 is 1.33 bits per heavy atom. The standard InChI is InChI=1S/C16H26N2O3/c1-3-12-14(19)17-16(8-4-5-9-16)15(20)18(12)11(2)13-7-6-10-21-13/h11-13H,3-10H2,1-2H3,(H,17,19). The lowest BCUT2D eigenvalue weighted by Crippen LogP contribution is -2.71. The maximum absolute atomic E-state index is 13.1. The van der Waals surface area contributed by atoms with E-state index in [-0.39, 0.29) is 30.0 Å². The van der Waals surface area contributed by atoms with E-state index in [2.05, 4.69) is 5.32 Å². The number of carbonyl (C=O) groups excluding carboxylic acids is 2. The number of hydrogen-bond donors (Lipinski definition) is 1. The van der Waals surface area contributed by atoms with Crippen molar-refractivity contribution in [1.29, 1.82) is 0 Å². The van der Waals surface area contributed by atoms with Crippen molar-refractivity contribution in [3.63, 3.8) is 0 Å². The van der Waals surface area contributed by atoms with Gasteiger partial charge in [-0.3, -0.25) is 9.59 Å². The fourth-order valence-corrected chi connectivity index (χ4v) is 4.22. The van der Waals surface area contributed by atoms with E-state index in [0.717, 1.165) is 45.1 Å². The minimum atomic E-state index is -0.629. The van der Waals surface area contributed by atoms with Crippen LogP contribution in [0.2, 0.25) is 0 Å². The summed E-state index contributed by atoms with van der Waals surface area (Å²) in [5.74, 6) is 0.137. The van der Waals surface area contributed by atoms with Crippen LogP contribution < -0.4 is 5.32 Å². The number of ether oxygens (including phenoxy) is 1. The summed E-state index contributed by atoms with van der Waals surface area (Å²) >= 11 is 0. The Morgan fingerprint density at radius 3 is 2.62 bits per heavy atom. The average molecular weight is 294 g/mol. The summed E-state index contributed by atoms with van der Waals surface area (Å²) in [5, 5.41) is 3.05. The van der Waals surface area contributed by atoms with Crippen molar-refractivity contribution in [2.24, 2.45) is 0 Å². The third kappa shape index (κ3) is 2.35. The van der Waals surface area contributed by atoms with Crippen molar-refractivity contribution in [1.82, 2.24) is 10.2 Å². The molecule has 0 aromatic heterocycles. The van der Waals surface area contributed by atoms with Gasteiger partial charge in [0.1, 0.15) is 11.6 Å². The first-order valence-corrected chi connectivity index (χ1v) is 8.35. The summed E-state index contributed by atoms with van der Waals surface area (Å²) in [6.45, 7) is 4.78. The van der Waals surface area contributed by atoms with Gasteiger partial charge in [-0.15, -0.1) is 0 Å². The van der Waals surface area contributed by atoms with Crippen LogP contribution in [0.25, 0.3) is 0 Å². The molecule has 3 fully saturated rings. The summed E-state index contributed by atoms with van der Waals surface area (Å²) in [5.41, 5.74) is -0.629. The second-order valence-corrected chi connectivity index (χ2v) is 6.71. The van der Waals surface area contributed by atoms with Gasteiger partial charge in [0.2, 0.25) is 11.8 Å². The van der Waals surface area contributed by atoms with Crippen LogP contribution in [0.3, 0.4) is 0 Å². The zero-order valence-electron chi connectivity index (χ0n) is 13.1. The first-order valence-electron chi connectivity index (χ1n) is 8.35. The van der Waals surface area contributed by atoms with Crippen molar-refractivity contribution < 1.29 is 14.3 Å². The van der Waals surface area contributed by atoms with Crippen LogP contribution in [0.5, 0.6) is 0 Å². The molecule has 3 unspecified atom stereocenters. The highest BCUT2D eigenvalue weighted by Gasteiger charge is 2.53. The molecule has 0 radical (unpaired) electrons. The van der Waals surface area contributed by atoms with Crippen LogP contribution in [0.15, 0.2) is 0 Å². The summed E-state index contributed by atoms with van der Waals surface area (Å²) in [7, 11) is 0. The average Bonchev–Trinajstić information content (AvgIpc) is 3.13. The number of amides is 2. The quantitative estimate of drug-likeness (QED) is 0.860. The molecule has 2 saturated heterocycles. The number of hydrogen-bond acceptors (Lipinski definition) is 3. The number of rotatable bonds is 3. The first-order chi connectivity index (χ1) is 10.1. The van der Waals surface area contributed by atoms with E-state index in [1.54, 1.807) is 0 Å². The van der Waals surface area contributed by atoms with Gasteiger partial charge in [-0.1, -0.05) is 19.8 Å². The summed E-state index contributed by atoms with van der Waals surface area (Å²) in [6.07, 6.45) is 6.36. The van der Waals surface area contributed by atoms with Crippen LogP contribution in [-0.2, 0) is 14.3 Å². The van der Waals surface area contributed by atoms with E-state index in [1.165, 1.54) is 0 Å². The van der Waals surface area contributed by atoms with Gasteiger partial charge >= 0.3 is 0 Å². The predicted molar refractivity (Wildman–Crippen MR) is 78.7 cm³/mol. The first kappa shape index (κ1) is 14.8. The van der Waals surface area contributed by atoms with Crippen molar-refractivity contribution in [2.45, 2.75) is 82.5 Å². The highest BCUT2D eigenvalue weighted by molar-refractivity contribution is 6.00. The molecule has 3 rings (SSSR count). The zero-order valence-corrected chi connectivity index (χ0v) is 13.1. The fraction of sp³-hybridized carbons (Fsp3) is 0.875. The maximum Gasteiger partial charge on any atom is 0.249 e. The normalized spacial score (nSPS) is 33.5. The van der Waals surface area contributed by atoms with Crippen LogP contribution in [0, 0.1) is 0 Å². The van der Waals surface area contributed by atoms with Crippen LogP contribution in [0.4, 0.5) is 0 Å². The number of carbonyl (C=O) groups is 2. The molecular formula is C16H26N2O3. The highest BCUT2D eigenvalue weighted by Crippen LogP contribution is 2.37. The number of nitrogens with one attached hydrogen (secondary N) is 1. The van der Waals surface area contributed by atoms with Gasteiger partial charge in [0.25, 0.3) is 0 Å². The van der Waals surface area contributed by atoms with E-state index in [9.17, 15) is 9.59 Å². The lowest BCUT2D eigenvalue weighted by molar-refractivity contribution is -0.160. The molecule has 3 aliphatic rings. The molecule has 1 spiro atoms. The molecule has 5 heteroatoms. The smallest absolute Gasteiger partial charge is 0.249 e. The van der Waals surface area contributed by atoms with Crippen molar-refractivity contribution in [3.05, 3.63) is 0 Å². The Balaban J connectivity index is 1.88. The predicted octanol–water partition coefficient (Wildman–Crippen LogP) is 1.60. The Hall–Kier alpha value is -1.10. The second kappa shape index (κ2) is 5.59. The summed E-state index contributed by atoms with van der Waals surface area (Å²) in [4.78, 5) is 27.5. The molecule has 3 atom stereocenters. The van der Waals surface area contributed by atoms with Gasteiger partial charge in [-0.05, 0) is 39.0 Å². The summed E-state index contributed by atoms with van der Waals surface area (Å²) < 4.78 is 5.77. The Kier molecular flexibility index (Phi) is 3.95. The van der Waals surface area contributed by atoms with Gasteiger partial charge in [0.15, 0.2) is 0 Å². The molecule has 0 aromatic carbocycles. The Morgan fingerprint density at radius 2 is 2.05 bits per heavy atom. The second-order valence-electron chi connectivity index (χ2n) is 6.71. The van der Waals surface area contributed by atoms with Crippen LogP contribution >= 0.6 is 0 Å². The van der Waals surface area contributed by atoms with Crippen LogP contribution in [0.1, 0.15) is 58.8 Å². The summed E-state index contributed by atoms with van der Waals surface area (Å²) in [6, 6.07) is -0.364. The molecule has 118 valence electrons. The molecule has 0 aromatic rings. The minimum Gasteiger partial charge on any atom is -0.376 e. The van der Waals surface area contributed by atoms with Gasteiger partial charge < -0.3 is 15.0 Å². The van der Waals surface area contributed by atoms with Gasteiger partial charge in [0.05, 0.1) is 12.1 Å². The zero-order chi connectivity index (χ0) is 15.0. The topological polar surface area (TPSA) is 58.6 Å². The molecule has 1 saturated carbocycles. The number of nitrogens with zero attached hydrogens (tertiary/aromatic N) is 1. The molecule has 2 heterocycles. The molecule has 1 aliphatic carbocycles. The van der Waals surface area contributed by atoms with Crippen molar-refractivity contribution in [3.8, 4) is 0 Å². The molecule has 2 amide bonds. The molecule has 5 nitrogen and oxygen atoms in total. The highest BCUT2D eigenvalue weighted by atomic mass is 16.5. The fourth-order valence-electron chi connectivity index (χ4n) is 4.22. The maximum atomic E-state index is 13.1. The minimum absolute atomic E-state index is 0.0175. The van der Waals surface area contributed by atoms with E-state index in [0.29, 0.717) is 6.42 Å².